The first kappa shape index (κ1) is 12.3. The number of nitrogens with one attached hydrogen (secondary N) is 1. The van der Waals surface area contributed by atoms with E-state index in [1.165, 1.54) is 6.92 Å². The molecule has 5 heteroatoms. The number of methoxy groups -OCH3 is 1. The maximum absolute atomic E-state index is 10.8. The summed E-state index contributed by atoms with van der Waals surface area (Å²) in [6.45, 7) is 2.40. The van der Waals surface area contributed by atoms with Crippen LogP contribution in [0, 0.1) is 0 Å². The zero-order chi connectivity index (χ0) is 12.0. The molecule has 0 saturated carbocycles. The van der Waals surface area contributed by atoms with Gasteiger partial charge in [-0.05, 0) is 18.2 Å². The fourth-order valence-corrected chi connectivity index (χ4v) is 1.20. The number of nitrogen functional groups attached to an aromatic ring is 1. The van der Waals surface area contributed by atoms with E-state index < -0.39 is 0 Å². The SMILES string of the molecule is COCCOc1ccc(NC(C)=O)cc1N. The van der Waals surface area contributed by atoms with Crippen LogP contribution in [0.2, 0.25) is 0 Å². The zero-order valence-electron chi connectivity index (χ0n) is 9.45. The van der Waals surface area contributed by atoms with Gasteiger partial charge in [0.25, 0.3) is 0 Å². The first-order chi connectivity index (χ1) is 7.63. The van der Waals surface area contributed by atoms with Crippen LogP contribution in [0.25, 0.3) is 0 Å². The Bertz CT molecular complexity index is 366. The van der Waals surface area contributed by atoms with Crippen LogP contribution >= 0.6 is 0 Å². The normalized spacial score (nSPS) is 9.88. The summed E-state index contributed by atoms with van der Waals surface area (Å²) < 4.78 is 10.2. The summed E-state index contributed by atoms with van der Waals surface area (Å²) in [7, 11) is 1.60. The van der Waals surface area contributed by atoms with E-state index in [9.17, 15) is 4.79 Å². The average molecular weight is 224 g/mol. The van der Waals surface area contributed by atoms with Gasteiger partial charge in [-0.3, -0.25) is 4.79 Å². The first-order valence-electron chi connectivity index (χ1n) is 4.92. The minimum atomic E-state index is -0.132. The molecule has 88 valence electrons. The molecule has 1 aromatic carbocycles. The van der Waals surface area contributed by atoms with Crippen molar-refractivity contribution < 1.29 is 14.3 Å². The second-order valence-electron chi connectivity index (χ2n) is 3.28. The molecule has 0 bridgehead atoms. The molecule has 0 aromatic heterocycles. The van der Waals surface area contributed by atoms with Crippen LogP contribution in [0.1, 0.15) is 6.92 Å². The number of hydrogen-bond donors (Lipinski definition) is 2. The van der Waals surface area contributed by atoms with Crippen molar-refractivity contribution in [3.05, 3.63) is 18.2 Å². The van der Waals surface area contributed by atoms with Gasteiger partial charge in [0.15, 0.2) is 0 Å². The number of carbonyl (C=O) groups excluding carboxylic acids is 1. The van der Waals surface area contributed by atoms with Crippen molar-refractivity contribution >= 4 is 17.3 Å². The smallest absolute Gasteiger partial charge is 0.221 e. The van der Waals surface area contributed by atoms with Gasteiger partial charge in [-0.15, -0.1) is 0 Å². The number of carbonyl (C=O) groups is 1. The lowest BCUT2D eigenvalue weighted by molar-refractivity contribution is -0.114. The number of rotatable bonds is 5. The van der Waals surface area contributed by atoms with E-state index in [1.807, 2.05) is 0 Å². The van der Waals surface area contributed by atoms with Crippen molar-refractivity contribution in [3.8, 4) is 5.75 Å². The van der Waals surface area contributed by atoms with Crippen LogP contribution < -0.4 is 15.8 Å². The van der Waals surface area contributed by atoms with Crippen molar-refractivity contribution in [2.75, 3.05) is 31.4 Å². The topological polar surface area (TPSA) is 73.6 Å². The lowest BCUT2D eigenvalue weighted by Crippen LogP contribution is -2.08. The van der Waals surface area contributed by atoms with E-state index in [4.69, 9.17) is 15.2 Å². The molecule has 1 rings (SSSR count). The Morgan fingerprint density at radius 2 is 2.19 bits per heavy atom. The monoisotopic (exact) mass is 224 g/mol. The highest BCUT2D eigenvalue weighted by Crippen LogP contribution is 2.24. The summed E-state index contributed by atoms with van der Waals surface area (Å²) in [6, 6.07) is 5.11. The van der Waals surface area contributed by atoms with E-state index in [-0.39, 0.29) is 5.91 Å². The summed E-state index contributed by atoms with van der Waals surface area (Å²) in [5.74, 6) is 0.457. The highest BCUT2D eigenvalue weighted by molar-refractivity contribution is 5.89. The first-order valence-corrected chi connectivity index (χ1v) is 4.92. The molecule has 3 N–H and O–H groups in total. The van der Waals surface area contributed by atoms with Gasteiger partial charge < -0.3 is 20.5 Å². The maximum atomic E-state index is 10.8. The van der Waals surface area contributed by atoms with Gasteiger partial charge in [-0.25, -0.2) is 0 Å². The molecule has 1 amide bonds. The van der Waals surface area contributed by atoms with Crippen LogP contribution in [-0.2, 0) is 9.53 Å². The molecule has 5 nitrogen and oxygen atoms in total. The van der Waals surface area contributed by atoms with Gasteiger partial charge in [0, 0.05) is 19.7 Å². The lowest BCUT2D eigenvalue weighted by atomic mass is 10.2. The van der Waals surface area contributed by atoms with Gasteiger partial charge >= 0.3 is 0 Å². The standard InChI is InChI=1S/C11H16N2O3/c1-8(14)13-9-3-4-11(10(12)7-9)16-6-5-15-2/h3-4,7H,5-6,12H2,1-2H3,(H,13,14). The van der Waals surface area contributed by atoms with Gasteiger partial charge in [0.05, 0.1) is 12.3 Å². The fourth-order valence-electron chi connectivity index (χ4n) is 1.20. The average Bonchev–Trinajstić information content (AvgIpc) is 2.20. The van der Waals surface area contributed by atoms with Gasteiger partial charge in [-0.1, -0.05) is 0 Å². The molecule has 0 aliphatic carbocycles. The Kier molecular flexibility index (Phi) is 4.60. The molecule has 0 spiro atoms. The summed E-state index contributed by atoms with van der Waals surface area (Å²) in [5, 5.41) is 2.64. The Morgan fingerprint density at radius 3 is 2.75 bits per heavy atom. The summed E-state index contributed by atoms with van der Waals surface area (Å²) in [5.41, 5.74) is 6.91. The van der Waals surface area contributed by atoms with E-state index in [1.54, 1.807) is 25.3 Å². The predicted octanol–water partition coefficient (Wildman–Crippen LogP) is 1.25. The number of hydrogen-bond acceptors (Lipinski definition) is 4. The number of nitrogens with two attached hydrogens (primary N) is 1. The van der Waals surface area contributed by atoms with Crippen LogP contribution in [0.3, 0.4) is 0 Å². The number of ether oxygens (including phenoxy) is 2. The Hall–Kier alpha value is -1.75. The molecule has 0 aliphatic rings. The molecular weight excluding hydrogens is 208 g/mol. The molecule has 0 unspecified atom stereocenters. The predicted molar refractivity (Wildman–Crippen MR) is 62.5 cm³/mol. The number of anilines is 2. The van der Waals surface area contributed by atoms with E-state index in [0.29, 0.717) is 30.3 Å². The largest absolute Gasteiger partial charge is 0.489 e. The maximum Gasteiger partial charge on any atom is 0.221 e. The fraction of sp³-hybridized carbons (Fsp3) is 0.364. The van der Waals surface area contributed by atoms with Crippen molar-refractivity contribution in [2.24, 2.45) is 0 Å². The second-order valence-corrected chi connectivity index (χ2v) is 3.28. The summed E-state index contributed by atoms with van der Waals surface area (Å²) in [4.78, 5) is 10.8. The Labute approximate surface area is 94.5 Å². The molecule has 0 radical (unpaired) electrons. The molecule has 0 fully saturated rings. The van der Waals surface area contributed by atoms with Crippen molar-refractivity contribution in [2.45, 2.75) is 6.92 Å². The molecule has 0 saturated heterocycles. The third-order valence-corrected chi connectivity index (χ3v) is 1.88. The summed E-state index contributed by atoms with van der Waals surface area (Å²) >= 11 is 0. The van der Waals surface area contributed by atoms with Gasteiger partial charge in [0.1, 0.15) is 12.4 Å². The quantitative estimate of drug-likeness (QED) is 0.583. The van der Waals surface area contributed by atoms with Crippen LogP contribution in [0.4, 0.5) is 11.4 Å². The lowest BCUT2D eigenvalue weighted by Gasteiger charge is -2.10. The van der Waals surface area contributed by atoms with Gasteiger partial charge in [0.2, 0.25) is 5.91 Å². The van der Waals surface area contributed by atoms with Crippen LogP contribution in [0.5, 0.6) is 5.75 Å². The third kappa shape index (κ3) is 3.78. The molecule has 16 heavy (non-hydrogen) atoms. The third-order valence-electron chi connectivity index (χ3n) is 1.88. The molecule has 1 aromatic rings. The zero-order valence-corrected chi connectivity index (χ0v) is 9.45. The van der Waals surface area contributed by atoms with Crippen LogP contribution in [-0.4, -0.2) is 26.2 Å². The van der Waals surface area contributed by atoms with Crippen molar-refractivity contribution in [3.63, 3.8) is 0 Å². The van der Waals surface area contributed by atoms with E-state index >= 15 is 0 Å². The van der Waals surface area contributed by atoms with Gasteiger partial charge in [-0.2, -0.15) is 0 Å². The Morgan fingerprint density at radius 1 is 1.44 bits per heavy atom. The minimum absolute atomic E-state index is 0.132. The van der Waals surface area contributed by atoms with Crippen molar-refractivity contribution in [1.82, 2.24) is 0 Å². The summed E-state index contributed by atoms with van der Waals surface area (Å²) in [6.07, 6.45) is 0. The second kappa shape index (κ2) is 5.97. The van der Waals surface area contributed by atoms with E-state index in [0.717, 1.165) is 0 Å². The molecule has 0 atom stereocenters. The number of benzene rings is 1. The van der Waals surface area contributed by atoms with Crippen molar-refractivity contribution in [1.29, 1.82) is 0 Å². The van der Waals surface area contributed by atoms with Crippen LogP contribution in [0.15, 0.2) is 18.2 Å². The Balaban J connectivity index is 2.64. The molecule has 0 heterocycles. The highest BCUT2D eigenvalue weighted by Gasteiger charge is 2.02. The molecule has 0 aliphatic heterocycles. The number of amides is 1. The molecular formula is C11H16N2O3. The highest BCUT2D eigenvalue weighted by atomic mass is 16.5. The minimum Gasteiger partial charge on any atom is -0.489 e. The van der Waals surface area contributed by atoms with E-state index in [2.05, 4.69) is 5.32 Å².